The van der Waals surface area contributed by atoms with Gasteiger partial charge in [0.15, 0.2) is 0 Å². The van der Waals surface area contributed by atoms with Crippen LogP contribution in [-0.2, 0) is 0 Å². The maximum Gasteiger partial charge on any atom is 0.263 e. The SMILES string of the molecule is C=Cc1noc(C)c1-c1ccc2c(ccc3sc4c(c32)NC[C@@H](C)NC4=O)n1. The van der Waals surface area contributed by atoms with Gasteiger partial charge in [0, 0.05) is 28.1 Å². The summed E-state index contributed by atoms with van der Waals surface area (Å²) in [4.78, 5) is 18.1. The summed E-state index contributed by atoms with van der Waals surface area (Å²) in [6.07, 6.45) is 1.67. The van der Waals surface area contributed by atoms with Crippen LogP contribution in [0.1, 0.15) is 28.0 Å². The Hall–Kier alpha value is -3.19. The van der Waals surface area contributed by atoms with E-state index in [-0.39, 0.29) is 11.9 Å². The summed E-state index contributed by atoms with van der Waals surface area (Å²) in [5.74, 6) is 0.682. The summed E-state index contributed by atoms with van der Waals surface area (Å²) in [7, 11) is 0. The first-order valence-electron chi connectivity index (χ1n) is 9.07. The Labute approximate surface area is 165 Å². The van der Waals surface area contributed by atoms with Gasteiger partial charge in [-0.2, -0.15) is 0 Å². The van der Waals surface area contributed by atoms with Gasteiger partial charge in [-0.1, -0.05) is 11.7 Å². The van der Waals surface area contributed by atoms with Crippen LogP contribution in [-0.4, -0.2) is 28.6 Å². The van der Waals surface area contributed by atoms with E-state index in [0.717, 1.165) is 42.8 Å². The van der Waals surface area contributed by atoms with Gasteiger partial charge >= 0.3 is 0 Å². The normalized spacial score (nSPS) is 16.5. The molecule has 4 heterocycles. The Morgan fingerprint density at radius 1 is 1.32 bits per heavy atom. The van der Waals surface area contributed by atoms with Gasteiger partial charge in [-0.3, -0.25) is 4.79 Å². The van der Waals surface area contributed by atoms with Gasteiger partial charge in [-0.15, -0.1) is 11.3 Å². The highest BCUT2D eigenvalue weighted by atomic mass is 32.1. The van der Waals surface area contributed by atoms with Crippen LogP contribution < -0.4 is 10.6 Å². The number of anilines is 1. The lowest BCUT2D eigenvalue weighted by Gasteiger charge is -2.10. The summed E-state index contributed by atoms with van der Waals surface area (Å²) >= 11 is 1.51. The van der Waals surface area contributed by atoms with Gasteiger partial charge in [-0.05, 0) is 44.2 Å². The number of hydrogen-bond donors (Lipinski definition) is 2. The van der Waals surface area contributed by atoms with Crippen LogP contribution in [0, 0.1) is 6.92 Å². The van der Waals surface area contributed by atoms with Gasteiger partial charge < -0.3 is 15.2 Å². The van der Waals surface area contributed by atoms with Gasteiger partial charge in [0.2, 0.25) is 0 Å². The Morgan fingerprint density at radius 2 is 2.18 bits per heavy atom. The number of carbonyl (C=O) groups excluding carboxylic acids is 1. The molecule has 0 fully saturated rings. The Morgan fingerprint density at radius 3 is 3.00 bits per heavy atom. The van der Waals surface area contributed by atoms with Crippen LogP contribution in [0.4, 0.5) is 5.69 Å². The number of amides is 1. The Balaban J connectivity index is 1.75. The number of hydrogen-bond acceptors (Lipinski definition) is 6. The van der Waals surface area contributed by atoms with E-state index in [0.29, 0.717) is 18.0 Å². The van der Waals surface area contributed by atoms with Crippen LogP contribution in [0.2, 0.25) is 0 Å². The third kappa shape index (κ3) is 2.43. The molecule has 1 aromatic carbocycles. The molecule has 0 radical (unpaired) electrons. The molecule has 7 heteroatoms. The standard InChI is InChI=1S/C21H18N4O2S/c1-4-13-17(11(3)27-25-13)15-6-5-12-14(24-15)7-8-16-18(12)19-20(28-16)21(26)23-10(2)9-22-19/h4-8,10,22H,1,9H2,2-3H3,(H,23,26)/t10-/m1/s1. The van der Waals surface area contributed by atoms with Crippen molar-refractivity contribution in [2.24, 2.45) is 0 Å². The van der Waals surface area contributed by atoms with Crippen LogP contribution >= 0.6 is 11.3 Å². The van der Waals surface area contributed by atoms with E-state index in [1.54, 1.807) is 6.08 Å². The largest absolute Gasteiger partial charge is 0.381 e. The summed E-state index contributed by atoms with van der Waals surface area (Å²) in [5.41, 5.74) is 4.09. The number of benzene rings is 1. The van der Waals surface area contributed by atoms with Gasteiger partial charge in [0.25, 0.3) is 5.91 Å². The van der Waals surface area contributed by atoms with Crippen molar-refractivity contribution >= 4 is 50.0 Å². The lowest BCUT2D eigenvalue weighted by atomic mass is 10.0. The maximum absolute atomic E-state index is 12.6. The number of pyridine rings is 1. The molecule has 0 bridgehead atoms. The number of aromatic nitrogens is 2. The molecule has 140 valence electrons. The van der Waals surface area contributed by atoms with Crippen LogP contribution in [0.15, 0.2) is 35.4 Å². The minimum Gasteiger partial charge on any atom is -0.381 e. The average molecular weight is 390 g/mol. The molecule has 0 saturated heterocycles. The van der Waals surface area contributed by atoms with E-state index in [2.05, 4.69) is 28.4 Å². The van der Waals surface area contributed by atoms with E-state index in [1.165, 1.54) is 11.3 Å². The molecule has 0 spiro atoms. The van der Waals surface area contributed by atoms with Crippen molar-refractivity contribution in [3.05, 3.63) is 47.2 Å². The lowest BCUT2D eigenvalue weighted by Crippen LogP contribution is -2.34. The molecule has 6 nitrogen and oxygen atoms in total. The van der Waals surface area contributed by atoms with Crippen LogP contribution in [0.3, 0.4) is 0 Å². The number of thiophene rings is 1. The van der Waals surface area contributed by atoms with Crippen molar-refractivity contribution in [2.45, 2.75) is 19.9 Å². The molecule has 1 aliphatic heterocycles. The second-order valence-electron chi connectivity index (χ2n) is 6.97. The molecule has 0 aliphatic carbocycles. The number of fused-ring (bicyclic) bond motifs is 5. The molecular weight excluding hydrogens is 372 g/mol. The quantitative estimate of drug-likeness (QED) is 0.523. The van der Waals surface area contributed by atoms with Gasteiger partial charge in [-0.25, -0.2) is 4.98 Å². The molecule has 4 aromatic rings. The zero-order valence-electron chi connectivity index (χ0n) is 15.5. The third-order valence-corrected chi connectivity index (χ3v) is 6.18. The van der Waals surface area contributed by atoms with Crippen molar-refractivity contribution < 1.29 is 9.32 Å². The molecule has 0 unspecified atom stereocenters. The topological polar surface area (TPSA) is 80.0 Å². The van der Waals surface area contributed by atoms with E-state index in [4.69, 9.17) is 9.51 Å². The first kappa shape index (κ1) is 16.9. The van der Waals surface area contributed by atoms with Crippen molar-refractivity contribution in [1.82, 2.24) is 15.5 Å². The first-order valence-corrected chi connectivity index (χ1v) is 9.88. The summed E-state index contributed by atoms with van der Waals surface area (Å²) in [6, 6.07) is 8.13. The second-order valence-corrected chi connectivity index (χ2v) is 8.02. The van der Waals surface area contributed by atoms with Crippen LogP contribution in [0.25, 0.3) is 38.3 Å². The molecular formula is C21H18N4O2S. The molecule has 0 saturated carbocycles. The molecule has 5 rings (SSSR count). The number of nitrogens with zero attached hydrogens (tertiary/aromatic N) is 2. The van der Waals surface area contributed by atoms with E-state index in [1.807, 2.05) is 32.0 Å². The fourth-order valence-electron chi connectivity index (χ4n) is 3.70. The van der Waals surface area contributed by atoms with E-state index < -0.39 is 0 Å². The highest BCUT2D eigenvalue weighted by Crippen LogP contribution is 2.41. The van der Waals surface area contributed by atoms with Crippen molar-refractivity contribution in [2.75, 3.05) is 11.9 Å². The number of carbonyl (C=O) groups is 1. The molecule has 1 aliphatic rings. The van der Waals surface area contributed by atoms with Gasteiger partial charge in [0.1, 0.15) is 16.3 Å². The van der Waals surface area contributed by atoms with Crippen molar-refractivity contribution in [3.63, 3.8) is 0 Å². The minimum absolute atomic E-state index is 0.0258. The smallest absolute Gasteiger partial charge is 0.263 e. The van der Waals surface area contributed by atoms with E-state index >= 15 is 0 Å². The predicted molar refractivity (Wildman–Crippen MR) is 113 cm³/mol. The summed E-state index contributed by atoms with van der Waals surface area (Å²) in [5, 5.41) is 12.6. The Bertz CT molecular complexity index is 1270. The van der Waals surface area contributed by atoms with E-state index in [9.17, 15) is 4.79 Å². The zero-order chi connectivity index (χ0) is 19.4. The number of nitrogens with one attached hydrogen (secondary N) is 2. The Kier molecular flexibility index (Phi) is 3.73. The predicted octanol–water partition coefficient (Wildman–Crippen LogP) is 4.60. The molecule has 1 atom stereocenters. The van der Waals surface area contributed by atoms with Crippen molar-refractivity contribution in [3.8, 4) is 11.3 Å². The minimum atomic E-state index is -0.0258. The second kappa shape index (κ2) is 6.17. The third-order valence-electron chi connectivity index (χ3n) is 5.03. The highest BCUT2D eigenvalue weighted by Gasteiger charge is 2.25. The first-order chi connectivity index (χ1) is 13.6. The summed E-state index contributed by atoms with van der Waals surface area (Å²) < 4.78 is 6.37. The summed E-state index contributed by atoms with van der Waals surface area (Å²) in [6.45, 7) is 8.35. The fourth-order valence-corrected chi connectivity index (χ4v) is 4.80. The van der Waals surface area contributed by atoms with Crippen molar-refractivity contribution in [1.29, 1.82) is 0 Å². The van der Waals surface area contributed by atoms with Gasteiger partial charge in [0.05, 0.1) is 22.5 Å². The molecule has 2 N–H and O–H groups in total. The number of rotatable bonds is 2. The maximum atomic E-state index is 12.6. The number of aryl methyl sites for hydroxylation is 1. The molecule has 3 aromatic heterocycles. The molecule has 1 amide bonds. The average Bonchev–Trinajstić information content (AvgIpc) is 3.22. The monoisotopic (exact) mass is 390 g/mol. The fraction of sp³-hybridized carbons (Fsp3) is 0.190. The lowest BCUT2D eigenvalue weighted by molar-refractivity contribution is 0.0949. The highest BCUT2D eigenvalue weighted by molar-refractivity contribution is 7.21. The molecule has 28 heavy (non-hydrogen) atoms. The van der Waals surface area contributed by atoms with Crippen LogP contribution in [0.5, 0.6) is 0 Å². The zero-order valence-corrected chi connectivity index (χ0v) is 16.3.